The number of nitrogens with zero attached hydrogens (tertiary/aromatic N) is 4. The number of carbonyl (C=O) groups is 1. The van der Waals surface area contributed by atoms with Crippen LogP contribution in [0.1, 0.15) is 29.8 Å². The number of imidazole rings is 1. The van der Waals surface area contributed by atoms with Crippen molar-refractivity contribution in [3.8, 4) is 0 Å². The number of anilines is 2. The van der Waals surface area contributed by atoms with Crippen LogP contribution in [0, 0.1) is 5.41 Å². The number of benzene rings is 3. The molecule has 0 radical (unpaired) electrons. The van der Waals surface area contributed by atoms with Gasteiger partial charge in [-0.3, -0.25) is 4.79 Å². The van der Waals surface area contributed by atoms with Crippen molar-refractivity contribution in [2.24, 2.45) is 12.5 Å². The fourth-order valence-corrected chi connectivity index (χ4v) is 6.12. The van der Waals surface area contributed by atoms with E-state index in [0.717, 1.165) is 54.3 Å². The number of piperazine rings is 1. The fraction of sp³-hybridized carbons (Fsp3) is 0.355. The molecule has 1 aliphatic heterocycles. The summed E-state index contributed by atoms with van der Waals surface area (Å²) in [6.07, 6.45) is -4.48. The highest BCUT2D eigenvalue weighted by Gasteiger charge is 2.68. The lowest BCUT2D eigenvalue weighted by Gasteiger charge is -2.37. The van der Waals surface area contributed by atoms with E-state index < -0.39 is 17.5 Å². The molecular weight excluding hydrogens is 586 g/mol. The number of amides is 1. The first kappa shape index (κ1) is 28.7. The third-order valence-electron chi connectivity index (χ3n) is 8.42. The van der Waals surface area contributed by atoms with Crippen molar-refractivity contribution in [3.63, 3.8) is 0 Å². The summed E-state index contributed by atoms with van der Waals surface area (Å²) in [7, 11) is 1.94. The van der Waals surface area contributed by atoms with Gasteiger partial charge in [0.25, 0.3) is 0 Å². The van der Waals surface area contributed by atoms with Gasteiger partial charge in [-0.1, -0.05) is 53.5 Å². The Kier molecular flexibility index (Phi) is 7.51. The second kappa shape index (κ2) is 11.0. The number of nitrogens with one attached hydrogen (secondary N) is 1. The zero-order valence-electron chi connectivity index (χ0n) is 23.0. The number of carbonyl (C=O) groups excluding carboxylic acids is 1. The summed E-state index contributed by atoms with van der Waals surface area (Å²) in [5, 5.41) is 3.62. The first-order valence-corrected chi connectivity index (χ1v) is 14.6. The Labute approximate surface area is 252 Å². The first-order chi connectivity index (χ1) is 20.1. The molecule has 4 aromatic rings. The first-order valence-electron chi connectivity index (χ1n) is 13.9. The zero-order chi connectivity index (χ0) is 29.6. The van der Waals surface area contributed by atoms with E-state index in [9.17, 15) is 18.0 Å². The molecule has 11 heteroatoms. The highest BCUT2D eigenvalue weighted by molar-refractivity contribution is 6.34. The van der Waals surface area contributed by atoms with Crippen LogP contribution in [-0.4, -0.2) is 47.8 Å². The average molecular weight is 617 g/mol. The Balaban J connectivity index is 1.17. The monoisotopic (exact) mass is 615 g/mol. The van der Waals surface area contributed by atoms with E-state index in [-0.39, 0.29) is 19.4 Å². The molecule has 1 amide bonds. The van der Waals surface area contributed by atoms with E-state index >= 15 is 0 Å². The molecule has 220 valence electrons. The third-order valence-corrected chi connectivity index (χ3v) is 9.09. The third kappa shape index (κ3) is 5.40. The van der Waals surface area contributed by atoms with Gasteiger partial charge in [-0.2, -0.15) is 13.2 Å². The van der Waals surface area contributed by atoms with Crippen LogP contribution < -0.4 is 15.1 Å². The Morgan fingerprint density at radius 1 is 0.952 bits per heavy atom. The smallest absolute Gasteiger partial charge is 0.368 e. The molecule has 1 N–H and O–H groups in total. The number of halogens is 5. The van der Waals surface area contributed by atoms with Crippen molar-refractivity contribution in [3.05, 3.63) is 87.7 Å². The summed E-state index contributed by atoms with van der Waals surface area (Å²) in [4.78, 5) is 21.8. The van der Waals surface area contributed by atoms with Crippen molar-refractivity contribution in [1.82, 2.24) is 14.9 Å². The minimum absolute atomic E-state index is 0.0140. The summed E-state index contributed by atoms with van der Waals surface area (Å²) in [5.41, 5.74) is 3.08. The van der Waals surface area contributed by atoms with E-state index in [2.05, 4.69) is 45.4 Å². The molecule has 2 aliphatic rings. The van der Waals surface area contributed by atoms with E-state index in [0.29, 0.717) is 22.0 Å². The zero-order valence-corrected chi connectivity index (χ0v) is 24.5. The van der Waals surface area contributed by atoms with Crippen LogP contribution in [0.2, 0.25) is 10.0 Å². The Bertz CT molecular complexity index is 1630. The molecule has 1 aromatic heterocycles. The van der Waals surface area contributed by atoms with Crippen LogP contribution in [0.5, 0.6) is 0 Å². The summed E-state index contributed by atoms with van der Waals surface area (Å²) in [6, 6.07) is 19.5. The standard InChI is InChI=1S/C31H30Cl2F3N5O/c1-39-27-18-26(41-13-11-40(12-14-41)22-5-3-2-4-6-22)24(33)17-25(27)38-28(39)16-21-15-20(7-8-23(21)32)19-37-29(42)30(9-10-30)31(34,35)36/h2-8,15,17-18H,9-14,16,19H2,1H3,(H,37,42). The van der Waals surface area contributed by atoms with Gasteiger partial charge in [-0.25, -0.2) is 4.98 Å². The summed E-state index contributed by atoms with van der Waals surface area (Å²) in [5.74, 6) is -0.208. The number of para-hydroxylation sites is 1. The van der Waals surface area contributed by atoms with E-state index in [4.69, 9.17) is 28.2 Å². The van der Waals surface area contributed by atoms with Crippen LogP contribution in [0.15, 0.2) is 60.7 Å². The molecule has 2 heterocycles. The summed E-state index contributed by atoms with van der Waals surface area (Å²) < 4.78 is 41.9. The highest BCUT2D eigenvalue weighted by Crippen LogP contribution is 2.57. The van der Waals surface area contributed by atoms with Crippen LogP contribution in [0.25, 0.3) is 11.0 Å². The van der Waals surface area contributed by atoms with Gasteiger partial charge < -0.3 is 19.7 Å². The molecule has 0 unspecified atom stereocenters. The summed E-state index contributed by atoms with van der Waals surface area (Å²) >= 11 is 13.3. The normalized spacial score (nSPS) is 16.6. The largest absolute Gasteiger partial charge is 0.403 e. The molecule has 0 spiro atoms. The van der Waals surface area contributed by atoms with Gasteiger partial charge in [-0.05, 0) is 54.3 Å². The maximum absolute atomic E-state index is 13.3. The van der Waals surface area contributed by atoms with Crippen LogP contribution in [0.3, 0.4) is 0 Å². The quantitative estimate of drug-likeness (QED) is 0.250. The number of aromatic nitrogens is 2. The van der Waals surface area contributed by atoms with Gasteiger partial charge >= 0.3 is 6.18 Å². The van der Waals surface area contributed by atoms with E-state index in [1.807, 2.05) is 23.7 Å². The molecule has 1 aliphatic carbocycles. The number of rotatable bonds is 7. The molecule has 42 heavy (non-hydrogen) atoms. The van der Waals surface area contributed by atoms with E-state index in [1.54, 1.807) is 18.2 Å². The molecule has 1 saturated heterocycles. The second-order valence-electron chi connectivity index (χ2n) is 11.1. The predicted octanol–water partition coefficient (Wildman–Crippen LogP) is 6.76. The molecule has 0 atom stereocenters. The van der Waals surface area contributed by atoms with Crippen LogP contribution in [0.4, 0.5) is 24.5 Å². The van der Waals surface area contributed by atoms with Gasteiger partial charge in [0, 0.05) is 56.9 Å². The van der Waals surface area contributed by atoms with Crippen molar-refractivity contribution in [2.75, 3.05) is 36.0 Å². The average Bonchev–Trinajstić information content (AvgIpc) is 3.75. The van der Waals surface area contributed by atoms with Crippen molar-refractivity contribution in [2.45, 2.75) is 32.0 Å². The molecule has 2 fully saturated rings. The number of aryl methyl sites for hydroxylation is 1. The topological polar surface area (TPSA) is 53.4 Å². The maximum Gasteiger partial charge on any atom is 0.403 e. The number of hydrogen-bond donors (Lipinski definition) is 1. The highest BCUT2D eigenvalue weighted by atomic mass is 35.5. The Hall–Kier alpha value is -3.43. The fourth-order valence-electron chi connectivity index (χ4n) is 5.66. The Morgan fingerprint density at radius 3 is 2.31 bits per heavy atom. The van der Waals surface area contributed by atoms with Crippen LogP contribution in [-0.2, 0) is 24.8 Å². The minimum atomic E-state index is -4.54. The van der Waals surface area contributed by atoms with Gasteiger partial charge in [0.15, 0.2) is 0 Å². The van der Waals surface area contributed by atoms with Gasteiger partial charge in [0.2, 0.25) is 5.91 Å². The van der Waals surface area contributed by atoms with Crippen molar-refractivity contribution < 1.29 is 18.0 Å². The second-order valence-corrected chi connectivity index (χ2v) is 11.9. The minimum Gasteiger partial charge on any atom is -0.368 e. The number of alkyl halides is 3. The van der Waals surface area contributed by atoms with Gasteiger partial charge in [0.1, 0.15) is 11.2 Å². The van der Waals surface area contributed by atoms with Crippen LogP contribution >= 0.6 is 23.2 Å². The lowest BCUT2D eigenvalue weighted by atomic mass is 10.0. The maximum atomic E-state index is 13.3. The predicted molar refractivity (Wildman–Crippen MR) is 160 cm³/mol. The van der Waals surface area contributed by atoms with Crippen molar-refractivity contribution >= 4 is 51.5 Å². The molecule has 6 rings (SSSR count). The molecule has 6 nitrogen and oxygen atoms in total. The molecule has 3 aromatic carbocycles. The molecule has 1 saturated carbocycles. The summed E-state index contributed by atoms with van der Waals surface area (Å²) in [6.45, 7) is 3.45. The lowest BCUT2D eigenvalue weighted by Crippen LogP contribution is -2.46. The van der Waals surface area contributed by atoms with Gasteiger partial charge in [-0.15, -0.1) is 0 Å². The Morgan fingerprint density at radius 2 is 1.64 bits per heavy atom. The number of hydrogen-bond acceptors (Lipinski definition) is 4. The van der Waals surface area contributed by atoms with E-state index in [1.165, 1.54) is 5.69 Å². The molecular formula is C31H30Cl2F3N5O. The molecule has 0 bridgehead atoms. The SMILES string of the molecule is Cn1c(Cc2cc(CNC(=O)C3(C(F)(F)F)CC3)ccc2Cl)nc2cc(Cl)c(N3CCN(c4ccccc4)CC3)cc21. The lowest BCUT2D eigenvalue weighted by molar-refractivity contribution is -0.192. The van der Waals surface area contributed by atoms with Gasteiger partial charge in [0.05, 0.1) is 21.7 Å². The van der Waals surface area contributed by atoms with Crippen molar-refractivity contribution in [1.29, 1.82) is 0 Å². The number of fused-ring (bicyclic) bond motifs is 1.